The quantitative estimate of drug-likeness (QED) is 0.537. The van der Waals surface area contributed by atoms with Gasteiger partial charge in [0.25, 0.3) is 0 Å². The van der Waals surface area contributed by atoms with Gasteiger partial charge in [-0.3, -0.25) is 0 Å². The third-order valence-electron chi connectivity index (χ3n) is 3.53. The van der Waals surface area contributed by atoms with Crippen molar-refractivity contribution < 1.29 is 13.9 Å². The molecule has 2 heterocycles. The summed E-state index contributed by atoms with van der Waals surface area (Å²) in [6.45, 7) is 2.79. The summed E-state index contributed by atoms with van der Waals surface area (Å²) in [4.78, 5) is 16.5. The number of alkyl halides is 1. The zero-order valence-corrected chi connectivity index (χ0v) is 16.2. The van der Waals surface area contributed by atoms with E-state index in [1.807, 2.05) is 0 Å². The monoisotopic (exact) mass is 408 g/mol. The van der Waals surface area contributed by atoms with Crippen molar-refractivity contribution in [1.29, 1.82) is 0 Å². The maximum atomic E-state index is 14.1. The van der Waals surface area contributed by atoms with Gasteiger partial charge in [-0.2, -0.15) is 0 Å². The van der Waals surface area contributed by atoms with Gasteiger partial charge < -0.3 is 9.47 Å². The van der Waals surface area contributed by atoms with E-state index < -0.39 is 5.67 Å². The molecule has 2 aromatic heterocycles. The number of rotatable bonds is 5. The molecule has 0 bridgehead atoms. The van der Waals surface area contributed by atoms with Crippen LogP contribution in [-0.2, 0) is 5.67 Å². The van der Waals surface area contributed by atoms with E-state index in [0.29, 0.717) is 11.5 Å². The lowest BCUT2D eigenvalue weighted by Gasteiger charge is -2.14. The molecule has 0 saturated carbocycles. The average Bonchev–Trinajstić information content (AvgIpc) is 2.64. The van der Waals surface area contributed by atoms with Gasteiger partial charge in [0, 0.05) is 6.20 Å². The topological polar surface area (TPSA) is 70.0 Å². The number of methoxy groups -OCH3 is 1. The maximum absolute atomic E-state index is 14.1. The van der Waals surface area contributed by atoms with Crippen molar-refractivity contribution in [3.8, 4) is 28.9 Å². The van der Waals surface area contributed by atoms with Crippen LogP contribution in [0.4, 0.5) is 4.39 Å². The molecule has 0 N–H and O–H groups in total. The molecule has 0 spiro atoms. The first kappa shape index (κ1) is 19.3. The van der Waals surface area contributed by atoms with Gasteiger partial charge in [0.05, 0.1) is 12.8 Å². The molecule has 0 aliphatic carbocycles. The number of halogens is 3. The van der Waals surface area contributed by atoms with Crippen LogP contribution in [0.3, 0.4) is 0 Å². The molecule has 0 radical (unpaired) electrons. The summed E-state index contributed by atoms with van der Waals surface area (Å²) in [6.07, 6.45) is 1.42. The first-order valence-corrected chi connectivity index (χ1v) is 8.62. The maximum Gasteiger partial charge on any atom is 0.202 e. The first-order valence-electron chi connectivity index (χ1n) is 7.86. The van der Waals surface area contributed by atoms with Crippen LogP contribution in [0, 0.1) is 0 Å². The Morgan fingerprint density at radius 3 is 2.15 bits per heavy atom. The highest BCUT2D eigenvalue weighted by atomic mass is 35.5. The molecular weight excluding hydrogens is 394 g/mol. The van der Waals surface area contributed by atoms with Gasteiger partial charge in [-0.1, -0.05) is 35.3 Å². The fourth-order valence-electron chi connectivity index (χ4n) is 2.19. The van der Waals surface area contributed by atoms with Crippen LogP contribution in [0.5, 0.6) is 17.2 Å². The molecule has 1 aromatic carbocycles. The minimum Gasteiger partial charge on any atom is -0.493 e. The van der Waals surface area contributed by atoms with Crippen molar-refractivity contribution in [3.05, 3.63) is 52.5 Å². The zero-order valence-electron chi connectivity index (χ0n) is 14.7. The fourth-order valence-corrected chi connectivity index (χ4v) is 2.66. The molecule has 3 aromatic rings. The molecule has 0 unspecified atom stereocenters. The van der Waals surface area contributed by atoms with Gasteiger partial charge in [-0.05, 0) is 32.0 Å². The van der Waals surface area contributed by atoms with Crippen molar-refractivity contribution in [2.24, 2.45) is 0 Å². The summed E-state index contributed by atoms with van der Waals surface area (Å²) in [6, 6.07) is 8.46. The van der Waals surface area contributed by atoms with Crippen LogP contribution in [0.1, 0.15) is 19.5 Å². The van der Waals surface area contributed by atoms with Gasteiger partial charge >= 0.3 is 0 Å². The summed E-state index contributed by atoms with van der Waals surface area (Å²) in [5.41, 5.74) is -1.45. The molecule has 9 heteroatoms. The fraction of sp³-hybridized carbons (Fsp3) is 0.222. The second-order valence-corrected chi connectivity index (χ2v) is 6.66. The largest absolute Gasteiger partial charge is 0.493 e. The third kappa shape index (κ3) is 4.26. The standard InChI is InChI=1S/C18H15Cl2FN4O2/c1-18(2,21)12-8-9-22-16(23-12)17-24-14(19)13(15(20)25-17)27-11-7-5-4-6-10(11)26-3/h4-9H,1-3H3. The molecule has 0 aliphatic heterocycles. The molecule has 6 nitrogen and oxygen atoms in total. The molecule has 0 amide bonds. The van der Waals surface area contributed by atoms with Gasteiger partial charge in [0.2, 0.25) is 11.6 Å². The number of ether oxygens (including phenoxy) is 2. The molecule has 0 saturated heterocycles. The Bertz CT molecular complexity index is 957. The van der Waals surface area contributed by atoms with Crippen molar-refractivity contribution in [2.45, 2.75) is 19.5 Å². The van der Waals surface area contributed by atoms with E-state index in [-0.39, 0.29) is 33.4 Å². The summed E-state index contributed by atoms with van der Waals surface area (Å²) < 4.78 is 25.1. The van der Waals surface area contributed by atoms with E-state index in [2.05, 4.69) is 19.9 Å². The van der Waals surface area contributed by atoms with Crippen molar-refractivity contribution >= 4 is 23.2 Å². The van der Waals surface area contributed by atoms with Gasteiger partial charge in [0.1, 0.15) is 5.67 Å². The van der Waals surface area contributed by atoms with Crippen LogP contribution in [0.2, 0.25) is 10.3 Å². The first-order chi connectivity index (χ1) is 12.8. The van der Waals surface area contributed by atoms with Gasteiger partial charge in [-0.15, -0.1) is 0 Å². The van der Waals surface area contributed by atoms with Crippen molar-refractivity contribution in [3.63, 3.8) is 0 Å². The van der Waals surface area contributed by atoms with Crippen molar-refractivity contribution in [1.82, 2.24) is 19.9 Å². The highest BCUT2D eigenvalue weighted by Gasteiger charge is 2.23. The van der Waals surface area contributed by atoms with Crippen LogP contribution < -0.4 is 9.47 Å². The molecule has 0 aliphatic rings. The second kappa shape index (κ2) is 7.62. The number of para-hydroxylation sites is 2. The number of nitrogens with zero attached hydrogens (tertiary/aromatic N) is 4. The Kier molecular flexibility index (Phi) is 5.43. The summed E-state index contributed by atoms with van der Waals surface area (Å²) in [7, 11) is 1.52. The lowest BCUT2D eigenvalue weighted by atomic mass is 10.1. The van der Waals surface area contributed by atoms with Crippen LogP contribution >= 0.6 is 23.2 Å². The highest BCUT2D eigenvalue weighted by molar-refractivity contribution is 6.35. The number of aromatic nitrogens is 4. The van der Waals surface area contributed by atoms with E-state index in [1.54, 1.807) is 24.3 Å². The molecule has 0 fully saturated rings. The smallest absolute Gasteiger partial charge is 0.202 e. The Morgan fingerprint density at radius 2 is 1.56 bits per heavy atom. The lowest BCUT2D eigenvalue weighted by Crippen LogP contribution is -2.13. The predicted molar refractivity (Wildman–Crippen MR) is 100 cm³/mol. The Balaban J connectivity index is 1.99. The summed E-state index contributed by atoms with van der Waals surface area (Å²) >= 11 is 12.5. The lowest BCUT2D eigenvalue weighted by molar-refractivity contribution is 0.214. The van der Waals surface area contributed by atoms with E-state index in [4.69, 9.17) is 32.7 Å². The normalized spacial score (nSPS) is 11.3. The van der Waals surface area contributed by atoms with Gasteiger partial charge in [0.15, 0.2) is 27.6 Å². The molecule has 3 rings (SSSR count). The van der Waals surface area contributed by atoms with E-state index >= 15 is 0 Å². The van der Waals surface area contributed by atoms with E-state index in [0.717, 1.165) is 0 Å². The predicted octanol–water partition coefficient (Wildman–Crippen LogP) is 5.25. The van der Waals surface area contributed by atoms with E-state index in [1.165, 1.54) is 33.2 Å². The molecule has 0 atom stereocenters. The number of hydrogen-bond donors (Lipinski definition) is 0. The SMILES string of the molecule is COc1ccccc1Oc1c(Cl)nc(-c2nccc(C(C)(C)F)n2)nc1Cl. The van der Waals surface area contributed by atoms with Crippen LogP contribution in [0.25, 0.3) is 11.6 Å². The summed E-state index contributed by atoms with van der Waals surface area (Å²) in [5, 5.41) is -0.0752. The minimum absolute atomic E-state index is 0.0376. The van der Waals surface area contributed by atoms with Crippen LogP contribution in [-0.4, -0.2) is 27.0 Å². The molecular formula is C18H15Cl2FN4O2. The van der Waals surface area contributed by atoms with Crippen molar-refractivity contribution in [2.75, 3.05) is 7.11 Å². The van der Waals surface area contributed by atoms with E-state index in [9.17, 15) is 4.39 Å². The minimum atomic E-state index is -1.64. The van der Waals surface area contributed by atoms with Crippen LogP contribution in [0.15, 0.2) is 36.5 Å². The van der Waals surface area contributed by atoms with Gasteiger partial charge in [-0.25, -0.2) is 24.3 Å². The summed E-state index contributed by atoms with van der Waals surface area (Å²) in [5.74, 6) is 1.12. The number of hydrogen-bond acceptors (Lipinski definition) is 6. The Morgan fingerprint density at radius 1 is 0.926 bits per heavy atom. The Hall–Kier alpha value is -2.51. The number of benzene rings is 1. The zero-order chi connectivity index (χ0) is 19.6. The highest BCUT2D eigenvalue weighted by Crippen LogP contribution is 2.38. The molecule has 140 valence electrons. The Labute approximate surface area is 165 Å². The average molecular weight is 409 g/mol. The second-order valence-electron chi connectivity index (χ2n) is 5.95. The third-order valence-corrected chi connectivity index (χ3v) is 4.04. The molecule has 27 heavy (non-hydrogen) atoms.